The molecule has 0 aromatic heterocycles. The van der Waals surface area contributed by atoms with E-state index in [1.54, 1.807) is 0 Å². The maximum atomic E-state index is 11.5. The Hall–Kier alpha value is -0.610. The fourth-order valence-corrected chi connectivity index (χ4v) is 1.41. The highest BCUT2D eigenvalue weighted by molar-refractivity contribution is 5.76. The molecule has 1 unspecified atom stereocenters. The fourth-order valence-electron chi connectivity index (χ4n) is 1.41. The zero-order valence-electron chi connectivity index (χ0n) is 11.1. The Morgan fingerprint density at radius 3 is 2.56 bits per heavy atom. The monoisotopic (exact) mass is 229 g/mol. The Morgan fingerprint density at radius 2 is 2.06 bits per heavy atom. The van der Waals surface area contributed by atoms with Crippen molar-refractivity contribution in [1.29, 1.82) is 0 Å². The van der Waals surface area contributed by atoms with Gasteiger partial charge in [-0.15, -0.1) is 0 Å². The second-order valence-electron chi connectivity index (χ2n) is 4.68. The van der Waals surface area contributed by atoms with E-state index in [-0.39, 0.29) is 11.9 Å². The second-order valence-corrected chi connectivity index (χ2v) is 4.68. The van der Waals surface area contributed by atoms with Crippen molar-refractivity contribution in [1.82, 2.24) is 10.2 Å². The van der Waals surface area contributed by atoms with Crippen molar-refractivity contribution >= 4 is 5.91 Å². The van der Waals surface area contributed by atoms with Gasteiger partial charge in [0, 0.05) is 31.6 Å². The fraction of sp³-hybridized carbons (Fsp3) is 0.917. The molecule has 0 aromatic rings. The van der Waals surface area contributed by atoms with Gasteiger partial charge in [0.25, 0.3) is 0 Å². The van der Waals surface area contributed by atoms with Gasteiger partial charge >= 0.3 is 0 Å². The molecule has 0 bridgehead atoms. The maximum Gasteiger partial charge on any atom is 0.221 e. The standard InChI is InChI=1S/C12H27N3O/c1-5-6-11(13)9-12(16)14-7-8-15(4)10(2)3/h10-11H,5-9,13H2,1-4H3,(H,14,16). The van der Waals surface area contributed by atoms with Gasteiger partial charge in [0.05, 0.1) is 0 Å². The molecule has 4 nitrogen and oxygen atoms in total. The van der Waals surface area contributed by atoms with Gasteiger partial charge in [-0.05, 0) is 27.3 Å². The van der Waals surface area contributed by atoms with Crippen LogP contribution in [-0.4, -0.2) is 43.0 Å². The summed E-state index contributed by atoms with van der Waals surface area (Å²) in [6.07, 6.45) is 2.39. The summed E-state index contributed by atoms with van der Waals surface area (Å²) in [5.41, 5.74) is 5.79. The first kappa shape index (κ1) is 15.4. The number of hydrogen-bond acceptors (Lipinski definition) is 3. The normalized spacial score (nSPS) is 13.2. The van der Waals surface area contributed by atoms with Crippen molar-refractivity contribution in [2.45, 2.75) is 52.1 Å². The van der Waals surface area contributed by atoms with E-state index in [1.165, 1.54) is 0 Å². The summed E-state index contributed by atoms with van der Waals surface area (Å²) in [4.78, 5) is 13.7. The molecule has 0 aromatic carbocycles. The molecular formula is C12H27N3O. The van der Waals surface area contributed by atoms with Gasteiger partial charge in [-0.2, -0.15) is 0 Å². The molecule has 0 aliphatic carbocycles. The predicted octanol–water partition coefficient (Wildman–Crippen LogP) is 0.960. The molecule has 0 saturated heterocycles. The van der Waals surface area contributed by atoms with Crippen LogP contribution in [0, 0.1) is 0 Å². The molecule has 0 aliphatic rings. The van der Waals surface area contributed by atoms with Gasteiger partial charge in [-0.25, -0.2) is 0 Å². The van der Waals surface area contributed by atoms with Crippen molar-refractivity contribution in [2.75, 3.05) is 20.1 Å². The first-order chi connectivity index (χ1) is 7.47. The number of likely N-dealkylation sites (N-methyl/N-ethyl adjacent to an activating group) is 1. The van der Waals surface area contributed by atoms with E-state index in [4.69, 9.17) is 5.73 Å². The molecule has 1 amide bonds. The van der Waals surface area contributed by atoms with Crippen LogP contribution >= 0.6 is 0 Å². The largest absolute Gasteiger partial charge is 0.355 e. The van der Waals surface area contributed by atoms with Crippen LogP contribution in [0.25, 0.3) is 0 Å². The third-order valence-electron chi connectivity index (χ3n) is 2.78. The Kier molecular flexibility index (Phi) is 8.21. The lowest BCUT2D eigenvalue weighted by Gasteiger charge is -2.21. The Morgan fingerprint density at radius 1 is 1.44 bits per heavy atom. The lowest BCUT2D eigenvalue weighted by molar-refractivity contribution is -0.121. The number of nitrogens with two attached hydrogens (primary N) is 1. The Balaban J connectivity index is 3.58. The van der Waals surface area contributed by atoms with Crippen LogP contribution in [0.4, 0.5) is 0 Å². The molecule has 0 heterocycles. The van der Waals surface area contributed by atoms with Gasteiger partial charge in [-0.3, -0.25) is 4.79 Å². The minimum Gasteiger partial charge on any atom is -0.355 e. The highest BCUT2D eigenvalue weighted by atomic mass is 16.1. The van der Waals surface area contributed by atoms with Gasteiger partial charge in [0.15, 0.2) is 0 Å². The van der Waals surface area contributed by atoms with Gasteiger partial charge in [0.2, 0.25) is 5.91 Å². The quantitative estimate of drug-likeness (QED) is 0.652. The van der Waals surface area contributed by atoms with Crippen LogP contribution in [0.5, 0.6) is 0 Å². The highest BCUT2D eigenvalue weighted by Crippen LogP contribution is 1.98. The molecule has 16 heavy (non-hydrogen) atoms. The van der Waals surface area contributed by atoms with Crippen LogP contribution in [0.15, 0.2) is 0 Å². The van der Waals surface area contributed by atoms with Crippen LogP contribution in [0.2, 0.25) is 0 Å². The molecule has 0 rings (SSSR count). The summed E-state index contributed by atoms with van der Waals surface area (Å²) in [6, 6.07) is 0.520. The average molecular weight is 229 g/mol. The van der Waals surface area contributed by atoms with E-state index in [9.17, 15) is 4.79 Å². The Bertz CT molecular complexity index is 195. The van der Waals surface area contributed by atoms with Crippen molar-refractivity contribution in [3.8, 4) is 0 Å². The number of rotatable bonds is 8. The Labute approximate surface area is 99.6 Å². The molecule has 3 N–H and O–H groups in total. The third-order valence-corrected chi connectivity index (χ3v) is 2.78. The van der Waals surface area contributed by atoms with E-state index < -0.39 is 0 Å². The highest BCUT2D eigenvalue weighted by Gasteiger charge is 2.08. The lowest BCUT2D eigenvalue weighted by atomic mass is 10.1. The topological polar surface area (TPSA) is 58.4 Å². The summed E-state index contributed by atoms with van der Waals surface area (Å²) < 4.78 is 0. The second kappa shape index (κ2) is 8.53. The molecule has 0 fully saturated rings. The first-order valence-corrected chi connectivity index (χ1v) is 6.19. The number of carbonyl (C=O) groups excluding carboxylic acids is 1. The van der Waals surface area contributed by atoms with E-state index >= 15 is 0 Å². The molecule has 1 atom stereocenters. The van der Waals surface area contributed by atoms with Crippen molar-refractivity contribution in [3.63, 3.8) is 0 Å². The van der Waals surface area contributed by atoms with Crippen LogP contribution in [-0.2, 0) is 4.79 Å². The number of nitrogens with one attached hydrogen (secondary N) is 1. The van der Waals surface area contributed by atoms with E-state index in [2.05, 4.69) is 38.0 Å². The summed E-state index contributed by atoms with van der Waals surface area (Å²) in [5, 5.41) is 2.90. The van der Waals surface area contributed by atoms with Crippen LogP contribution < -0.4 is 11.1 Å². The smallest absolute Gasteiger partial charge is 0.221 e. The summed E-state index contributed by atoms with van der Waals surface area (Å²) >= 11 is 0. The van der Waals surface area contributed by atoms with E-state index in [0.29, 0.717) is 19.0 Å². The molecule has 4 heteroatoms. The minimum absolute atomic E-state index is 0.00725. The number of amides is 1. The van der Waals surface area contributed by atoms with Crippen LogP contribution in [0.3, 0.4) is 0 Å². The van der Waals surface area contributed by atoms with E-state index in [1.807, 2.05) is 0 Å². The molecule has 0 saturated carbocycles. The van der Waals surface area contributed by atoms with Gasteiger partial charge in [0.1, 0.15) is 0 Å². The molecule has 0 radical (unpaired) electrons. The molecule has 0 spiro atoms. The summed E-state index contributed by atoms with van der Waals surface area (Å²) in [7, 11) is 2.06. The lowest BCUT2D eigenvalue weighted by Crippen LogP contribution is -2.38. The zero-order chi connectivity index (χ0) is 12.6. The minimum atomic E-state index is 0.00725. The molecular weight excluding hydrogens is 202 g/mol. The molecule has 96 valence electrons. The first-order valence-electron chi connectivity index (χ1n) is 6.19. The average Bonchev–Trinajstić information content (AvgIpc) is 2.17. The summed E-state index contributed by atoms with van der Waals surface area (Å²) in [6.45, 7) is 7.94. The maximum absolute atomic E-state index is 11.5. The number of hydrogen-bond donors (Lipinski definition) is 2. The SMILES string of the molecule is CCCC(N)CC(=O)NCCN(C)C(C)C. The number of carbonyl (C=O) groups is 1. The van der Waals surface area contributed by atoms with Crippen molar-refractivity contribution < 1.29 is 4.79 Å². The van der Waals surface area contributed by atoms with Gasteiger partial charge < -0.3 is 16.0 Å². The van der Waals surface area contributed by atoms with Crippen molar-refractivity contribution in [2.24, 2.45) is 5.73 Å². The number of nitrogens with zero attached hydrogens (tertiary/aromatic N) is 1. The van der Waals surface area contributed by atoms with E-state index in [0.717, 1.165) is 19.4 Å². The third kappa shape index (κ3) is 7.65. The van der Waals surface area contributed by atoms with Crippen LogP contribution in [0.1, 0.15) is 40.0 Å². The molecule has 0 aliphatic heterocycles. The van der Waals surface area contributed by atoms with Crippen molar-refractivity contribution in [3.05, 3.63) is 0 Å². The predicted molar refractivity (Wildman–Crippen MR) is 68.3 cm³/mol. The van der Waals surface area contributed by atoms with Gasteiger partial charge in [-0.1, -0.05) is 13.3 Å². The zero-order valence-corrected chi connectivity index (χ0v) is 11.1. The summed E-state index contributed by atoms with van der Waals surface area (Å²) in [5.74, 6) is 0.0677.